The maximum absolute atomic E-state index is 12.7. The summed E-state index contributed by atoms with van der Waals surface area (Å²) in [5.74, 6) is 2.79. The van der Waals surface area contributed by atoms with Crippen LogP contribution in [0.2, 0.25) is 0 Å². The van der Waals surface area contributed by atoms with Crippen LogP contribution in [0.15, 0.2) is 58.9 Å². The number of hydrogen-bond donors (Lipinski definition) is 1. The number of methoxy groups -OCH3 is 1. The van der Waals surface area contributed by atoms with Crippen LogP contribution in [0, 0.1) is 6.92 Å². The Kier molecular flexibility index (Phi) is 7.26. The number of hydrogen-bond acceptors (Lipinski definition) is 7. The standard InChI is InChI=1S/C26H30N4O3S/c1-6-12-34-26-28-25-27-17(3)23(18(4)31)24(30(25)29-26)20-10-11-21(22(14-20)32-5)33-15-19-9-7-8-16(2)13-19/h7-11,13-14,24H,6,12,15H2,1-5H3,(H,27,28,29). The average molecular weight is 479 g/mol. The van der Waals surface area contributed by atoms with Crippen LogP contribution in [-0.4, -0.2) is 33.4 Å². The van der Waals surface area contributed by atoms with E-state index in [0.29, 0.717) is 34.8 Å². The zero-order valence-corrected chi connectivity index (χ0v) is 21.0. The number of aromatic nitrogens is 3. The second kappa shape index (κ2) is 10.3. The van der Waals surface area contributed by atoms with Gasteiger partial charge in [0.1, 0.15) is 12.6 Å². The minimum atomic E-state index is -0.406. The smallest absolute Gasteiger partial charge is 0.227 e. The molecule has 0 fully saturated rings. The summed E-state index contributed by atoms with van der Waals surface area (Å²) in [7, 11) is 1.62. The van der Waals surface area contributed by atoms with Gasteiger partial charge in [-0.1, -0.05) is 54.6 Å². The van der Waals surface area contributed by atoms with E-state index in [1.165, 1.54) is 5.56 Å². The first-order valence-corrected chi connectivity index (χ1v) is 12.3. The monoisotopic (exact) mass is 478 g/mol. The Hall–Kier alpha value is -3.26. The fourth-order valence-corrected chi connectivity index (χ4v) is 4.77. The molecule has 0 spiro atoms. The molecular formula is C26H30N4O3S. The predicted octanol–water partition coefficient (Wildman–Crippen LogP) is 5.55. The van der Waals surface area contributed by atoms with Crippen molar-refractivity contribution in [2.45, 2.75) is 51.9 Å². The summed E-state index contributed by atoms with van der Waals surface area (Å²) in [4.78, 5) is 17.3. The van der Waals surface area contributed by atoms with Crippen molar-refractivity contribution in [1.82, 2.24) is 14.8 Å². The molecule has 4 rings (SSSR count). The lowest BCUT2D eigenvalue weighted by atomic mass is 9.93. The predicted molar refractivity (Wildman–Crippen MR) is 135 cm³/mol. The number of Topliss-reactive ketones (excluding diaryl/α,β-unsaturated/α-hetero) is 1. The number of thioether (sulfide) groups is 1. The third kappa shape index (κ3) is 4.97. The van der Waals surface area contributed by atoms with Crippen molar-refractivity contribution in [2.24, 2.45) is 0 Å². The van der Waals surface area contributed by atoms with Crippen molar-refractivity contribution in [3.8, 4) is 11.5 Å². The van der Waals surface area contributed by atoms with Gasteiger partial charge in [0, 0.05) is 17.0 Å². The van der Waals surface area contributed by atoms with Gasteiger partial charge in [-0.3, -0.25) is 4.79 Å². The lowest BCUT2D eigenvalue weighted by Gasteiger charge is -2.28. The lowest BCUT2D eigenvalue weighted by Crippen LogP contribution is -2.27. The minimum Gasteiger partial charge on any atom is -0.493 e. The van der Waals surface area contributed by atoms with Gasteiger partial charge in [0.15, 0.2) is 17.3 Å². The Morgan fingerprint density at radius 1 is 1.18 bits per heavy atom. The quantitative estimate of drug-likeness (QED) is 0.404. The summed E-state index contributed by atoms with van der Waals surface area (Å²) in [6.07, 6.45) is 1.03. The molecular weight excluding hydrogens is 448 g/mol. The molecule has 0 amide bonds. The SMILES string of the molecule is CCCSc1nc2n(n1)C(c1ccc(OCc3cccc(C)c3)c(OC)c1)C(C(C)=O)=C(C)N2. The zero-order valence-electron chi connectivity index (χ0n) is 20.2. The van der Waals surface area contributed by atoms with Crippen LogP contribution in [0.3, 0.4) is 0 Å². The average Bonchev–Trinajstić information content (AvgIpc) is 3.22. The first-order chi connectivity index (χ1) is 16.4. The molecule has 1 aromatic heterocycles. The molecule has 2 aromatic carbocycles. The second-order valence-electron chi connectivity index (χ2n) is 8.32. The second-order valence-corrected chi connectivity index (χ2v) is 9.38. The van der Waals surface area contributed by atoms with Crippen molar-refractivity contribution in [1.29, 1.82) is 0 Å². The van der Waals surface area contributed by atoms with E-state index >= 15 is 0 Å². The summed E-state index contributed by atoms with van der Waals surface area (Å²) < 4.78 is 13.5. The van der Waals surface area contributed by atoms with Crippen molar-refractivity contribution in [3.63, 3.8) is 0 Å². The van der Waals surface area contributed by atoms with Crippen molar-refractivity contribution in [3.05, 3.63) is 70.4 Å². The van der Waals surface area contributed by atoms with Crippen LogP contribution in [-0.2, 0) is 11.4 Å². The highest BCUT2D eigenvalue weighted by molar-refractivity contribution is 7.99. The van der Waals surface area contributed by atoms with Crippen LogP contribution in [0.25, 0.3) is 0 Å². The Labute approximate surface area is 204 Å². The number of nitrogens with one attached hydrogen (secondary N) is 1. The number of carbonyl (C=O) groups excluding carboxylic acids is 1. The molecule has 2 heterocycles. The van der Waals surface area contributed by atoms with Crippen molar-refractivity contribution in [2.75, 3.05) is 18.2 Å². The van der Waals surface area contributed by atoms with Crippen LogP contribution < -0.4 is 14.8 Å². The minimum absolute atomic E-state index is 0.0161. The number of allylic oxidation sites excluding steroid dienone is 2. The molecule has 1 unspecified atom stereocenters. The molecule has 0 bridgehead atoms. The third-order valence-electron chi connectivity index (χ3n) is 5.63. The molecule has 1 atom stereocenters. The van der Waals surface area contributed by atoms with E-state index < -0.39 is 6.04 Å². The summed E-state index contributed by atoms with van der Waals surface area (Å²) in [5, 5.41) is 8.66. The molecule has 178 valence electrons. The fourth-order valence-electron chi connectivity index (χ4n) is 4.09. The number of ether oxygens (including phenoxy) is 2. The van der Waals surface area contributed by atoms with E-state index in [2.05, 4.69) is 36.3 Å². The zero-order chi connectivity index (χ0) is 24.2. The van der Waals surface area contributed by atoms with E-state index in [1.54, 1.807) is 30.5 Å². The van der Waals surface area contributed by atoms with Gasteiger partial charge in [-0.05, 0) is 50.5 Å². The molecule has 8 heteroatoms. The van der Waals surface area contributed by atoms with Gasteiger partial charge in [0.2, 0.25) is 11.1 Å². The summed E-state index contributed by atoms with van der Waals surface area (Å²) in [6, 6.07) is 13.6. The van der Waals surface area contributed by atoms with Gasteiger partial charge in [-0.2, -0.15) is 4.98 Å². The first-order valence-electron chi connectivity index (χ1n) is 11.4. The fraction of sp³-hybridized carbons (Fsp3) is 0.346. The molecule has 7 nitrogen and oxygen atoms in total. The Morgan fingerprint density at radius 2 is 2.00 bits per heavy atom. The normalized spacial score (nSPS) is 15.0. The summed E-state index contributed by atoms with van der Waals surface area (Å²) in [6.45, 7) is 8.10. The van der Waals surface area contributed by atoms with E-state index in [9.17, 15) is 4.79 Å². The van der Waals surface area contributed by atoms with Crippen LogP contribution in [0.1, 0.15) is 49.9 Å². The van der Waals surface area contributed by atoms with Crippen molar-refractivity contribution < 1.29 is 14.3 Å². The number of anilines is 1. The molecule has 1 N–H and O–H groups in total. The molecule has 1 aliphatic rings. The summed E-state index contributed by atoms with van der Waals surface area (Å²) >= 11 is 1.61. The number of benzene rings is 2. The highest BCUT2D eigenvalue weighted by Gasteiger charge is 2.33. The molecule has 1 aliphatic heterocycles. The number of ketones is 1. The maximum atomic E-state index is 12.7. The number of nitrogens with zero attached hydrogens (tertiary/aromatic N) is 3. The molecule has 0 saturated carbocycles. The Bertz CT molecular complexity index is 1230. The highest BCUT2D eigenvalue weighted by Crippen LogP contribution is 2.39. The highest BCUT2D eigenvalue weighted by atomic mass is 32.2. The Balaban J connectivity index is 1.68. The van der Waals surface area contributed by atoms with Gasteiger partial charge in [0.05, 0.1) is 7.11 Å². The van der Waals surface area contributed by atoms with Crippen LogP contribution in [0.5, 0.6) is 11.5 Å². The van der Waals surface area contributed by atoms with Gasteiger partial charge in [0.25, 0.3) is 0 Å². The van der Waals surface area contributed by atoms with Crippen molar-refractivity contribution >= 4 is 23.5 Å². The van der Waals surface area contributed by atoms with E-state index in [4.69, 9.17) is 14.6 Å². The van der Waals surface area contributed by atoms with Crippen LogP contribution >= 0.6 is 11.8 Å². The lowest BCUT2D eigenvalue weighted by molar-refractivity contribution is -0.114. The van der Waals surface area contributed by atoms with E-state index in [-0.39, 0.29) is 5.78 Å². The van der Waals surface area contributed by atoms with Gasteiger partial charge < -0.3 is 14.8 Å². The van der Waals surface area contributed by atoms with Gasteiger partial charge in [-0.15, -0.1) is 5.10 Å². The summed E-state index contributed by atoms with van der Waals surface area (Å²) in [5.41, 5.74) is 4.59. The van der Waals surface area contributed by atoms with Gasteiger partial charge in [-0.25, -0.2) is 4.68 Å². The van der Waals surface area contributed by atoms with Crippen LogP contribution in [0.4, 0.5) is 5.95 Å². The van der Waals surface area contributed by atoms with Gasteiger partial charge >= 0.3 is 0 Å². The first kappa shape index (κ1) is 23.9. The number of fused-ring (bicyclic) bond motifs is 1. The molecule has 0 saturated heterocycles. The van der Waals surface area contributed by atoms with E-state index in [1.807, 2.05) is 37.3 Å². The topological polar surface area (TPSA) is 78.3 Å². The third-order valence-corrected chi connectivity index (χ3v) is 6.67. The number of carbonyl (C=O) groups is 1. The largest absolute Gasteiger partial charge is 0.493 e. The number of aryl methyl sites for hydroxylation is 1. The van der Waals surface area contributed by atoms with E-state index in [0.717, 1.165) is 29.0 Å². The molecule has 3 aromatic rings. The Morgan fingerprint density at radius 3 is 2.71 bits per heavy atom. The molecule has 34 heavy (non-hydrogen) atoms. The molecule has 0 radical (unpaired) electrons. The molecule has 0 aliphatic carbocycles. The maximum Gasteiger partial charge on any atom is 0.227 e. The number of rotatable bonds is 9.